The Labute approximate surface area is 121 Å². The van der Waals surface area contributed by atoms with Crippen LogP contribution in [-0.4, -0.2) is 45.4 Å². The Morgan fingerprint density at radius 2 is 2.05 bits per heavy atom. The van der Waals surface area contributed by atoms with Crippen molar-refractivity contribution in [3.05, 3.63) is 17.5 Å². The molecule has 0 aromatic carbocycles. The van der Waals surface area contributed by atoms with Gasteiger partial charge >= 0.3 is 0 Å². The van der Waals surface area contributed by atoms with Gasteiger partial charge in [0.2, 0.25) is 0 Å². The zero-order valence-electron chi connectivity index (χ0n) is 13.5. The van der Waals surface area contributed by atoms with Gasteiger partial charge in [-0.25, -0.2) is 0 Å². The summed E-state index contributed by atoms with van der Waals surface area (Å²) in [5.41, 5.74) is 1.35. The van der Waals surface area contributed by atoms with E-state index in [1.807, 2.05) is 17.7 Å². The number of aliphatic hydroxyl groups excluding tert-OH is 1. The second kappa shape index (κ2) is 6.39. The zero-order valence-corrected chi connectivity index (χ0v) is 13.5. The third kappa shape index (κ3) is 3.60. The molecule has 1 aromatic rings. The van der Waals surface area contributed by atoms with Crippen molar-refractivity contribution in [2.75, 3.05) is 19.7 Å². The molecule has 20 heavy (non-hydrogen) atoms. The highest BCUT2D eigenvalue weighted by molar-refractivity contribution is 5.92. The molecule has 0 fully saturated rings. The summed E-state index contributed by atoms with van der Waals surface area (Å²) in [6, 6.07) is 1.87. The maximum atomic E-state index is 12.4. The van der Waals surface area contributed by atoms with E-state index in [1.165, 1.54) is 0 Å². The number of aliphatic hydroxyl groups is 1. The molecule has 0 aliphatic carbocycles. The summed E-state index contributed by atoms with van der Waals surface area (Å²) in [5.74, 6) is 0.183. The van der Waals surface area contributed by atoms with Crippen molar-refractivity contribution in [2.24, 2.45) is 0 Å². The molecule has 0 saturated heterocycles. The SMILES string of the molecule is CCN(CCO)C(=O)c1cc(C(C)C)n(C(C)(C)C)n1. The van der Waals surface area contributed by atoms with Gasteiger partial charge in [0.1, 0.15) is 0 Å². The Bertz CT molecular complexity index is 458. The molecule has 0 bridgehead atoms. The van der Waals surface area contributed by atoms with E-state index in [0.29, 0.717) is 24.7 Å². The molecule has 0 unspecified atom stereocenters. The predicted octanol–water partition coefficient (Wildman–Crippen LogP) is 2.22. The van der Waals surface area contributed by atoms with Gasteiger partial charge < -0.3 is 10.0 Å². The minimum Gasteiger partial charge on any atom is -0.395 e. The molecule has 1 aromatic heterocycles. The number of likely N-dealkylation sites (N-methyl/N-ethyl adjacent to an activating group) is 1. The molecule has 0 radical (unpaired) electrons. The molecule has 0 atom stereocenters. The van der Waals surface area contributed by atoms with Crippen molar-refractivity contribution in [3.8, 4) is 0 Å². The predicted molar refractivity (Wildman–Crippen MR) is 80.0 cm³/mol. The van der Waals surface area contributed by atoms with Crippen LogP contribution in [0.25, 0.3) is 0 Å². The van der Waals surface area contributed by atoms with Crippen molar-refractivity contribution in [1.82, 2.24) is 14.7 Å². The number of nitrogens with zero attached hydrogens (tertiary/aromatic N) is 3. The molecule has 0 aliphatic rings. The molecule has 1 amide bonds. The Morgan fingerprint density at radius 3 is 2.40 bits per heavy atom. The molecule has 114 valence electrons. The van der Waals surface area contributed by atoms with Crippen LogP contribution in [-0.2, 0) is 5.54 Å². The summed E-state index contributed by atoms with van der Waals surface area (Å²) < 4.78 is 1.93. The molecule has 5 nitrogen and oxygen atoms in total. The molecule has 1 rings (SSSR count). The summed E-state index contributed by atoms with van der Waals surface area (Å²) in [6.45, 7) is 13.2. The number of rotatable bonds is 5. The molecular weight excluding hydrogens is 254 g/mol. The summed E-state index contributed by atoms with van der Waals surface area (Å²) in [5, 5.41) is 13.5. The Morgan fingerprint density at radius 1 is 1.45 bits per heavy atom. The lowest BCUT2D eigenvalue weighted by molar-refractivity contribution is 0.0724. The van der Waals surface area contributed by atoms with Crippen LogP contribution in [0.4, 0.5) is 0 Å². The summed E-state index contributed by atoms with van der Waals surface area (Å²) in [6.07, 6.45) is 0. The largest absolute Gasteiger partial charge is 0.395 e. The standard InChI is InChI=1S/C15H27N3O2/c1-7-17(8-9-19)14(20)12-10-13(11(2)3)18(16-12)15(4,5)6/h10-11,19H,7-9H2,1-6H3. The van der Waals surface area contributed by atoms with Gasteiger partial charge in [-0.3, -0.25) is 9.48 Å². The number of amides is 1. The molecule has 0 saturated carbocycles. The van der Waals surface area contributed by atoms with E-state index < -0.39 is 0 Å². The van der Waals surface area contributed by atoms with Crippen molar-refractivity contribution in [3.63, 3.8) is 0 Å². The molecule has 5 heteroatoms. The van der Waals surface area contributed by atoms with Crippen molar-refractivity contribution >= 4 is 5.91 Å². The van der Waals surface area contributed by atoms with Gasteiger partial charge in [0, 0.05) is 18.8 Å². The van der Waals surface area contributed by atoms with Gasteiger partial charge in [0.25, 0.3) is 5.91 Å². The fraction of sp³-hybridized carbons (Fsp3) is 0.733. The Kier molecular flexibility index (Phi) is 5.34. The lowest BCUT2D eigenvalue weighted by Gasteiger charge is -2.24. The fourth-order valence-corrected chi connectivity index (χ4v) is 2.13. The van der Waals surface area contributed by atoms with Crippen LogP contribution in [0.5, 0.6) is 0 Å². The lowest BCUT2D eigenvalue weighted by Crippen LogP contribution is -2.34. The number of carbonyl (C=O) groups excluding carboxylic acids is 1. The third-order valence-electron chi connectivity index (χ3n) is 3.22. The van der Waals surface area contributed by atoms with E-state index in [-0.39, 0.29) is 18.1 Å². The Balaban J connectivity index is 3.17. The quantitative estimate of drug-likeness (QED) is 0.900. The van der Waals surface area contributed by atoms with Gasteiger partial charge in [0.05, 0.1) is 12.1 Å². The third-order valence-corrected chi connectivity index (χ3v) is 3.22. The van der Waals surface area contributed by atoms with E-state index in [1.54, 1.807) is 4.90 Å². The van der Waals surface area contributed by atoms with E-state index in [9.17, 15) is 4.79 Å². The van der Waals surface area contributed by atoms with Crippen LogP contribution in [0.1, 0.15) is 63.6 Å². The van der Waals surface area contributed by atoms with E-state index in [4.69, 9.17) is 5.11 Å². The number of hydrogen-bond donors (Lipinski definition) is 1. The average Bonchev–Trinajstić information content (AvgIpc) is 2.80. The highest BCUT2D eigenvalue weighted by atomic mass is 16.3. The molecule has 1 N–H and O–H groups in total. The second-order valence-electron chi connectivity index (χ2n) is 6.30. The minimum absolute atomic E-state index is 0.0312. The van der Waals surface area contributed by atoms with Crippen LogP contribution in [0.3, 0.4) is 0 Å². The monoisotopic (exact) mass is 281 g/mol. The summed E-state index contributed by atoms with van der Waals surface area (Å²) >= 11 is 0. The van der Waals surface area contributed by atoms with Crippen molar-refractivity contribution in [1.29, 1.82) is 0 Å². The number of carbonyl (C=O) groups is 1. The highest BCUT2D eigenvalue weighted by Gasteiger charge is 2.25. The smallest absolute Gasteiger partial charge is 0.274 e. The topological polar surface area (TPSA) is 58.4 Å². The van der Waals surface area contributed by atoms with Crippen LogP contribution in [0.15, 0.2) is 6.07 Å². The first-order valence-electron chi connectivity index (χ1n) is 7.23. The van der Waals surface area contributed by atoms with Crippen LogP contribution < -0.4 is 0 Å². The van der Waals surface area contributed by atoms with Gasteiger partial charge in [-0.05, 0) is 39.7 Å². The fourth-order valence-electron chi connectivity index (χ4n) is 2.13. The number of hydrogen-bond acceptors (Lipinski definition) is 3. The van der Waals surface area contributed by atoms with Gasteiger partial charge in [0.15, 0.2) is 5.69 Å². The second-order valence-corrected chi connectivity index (χ2v) is 6.30. The van der Waals surface area contributed by atoms with Gasteiger partial charge in [-0.2, -0.15) is 5.10 Å². The summed E-state index contributed by atoms with van der Waals surface area (Å²) in [7, 11) is 0. The van der Waals surface area contributed by atoms with Gasteiger partial charge in [-0.15, -0.1) is 0 Å². The first-order chi connectivity index (χ1) is 9.22. The molecular formula is C15H27N3O2. The first-order valence-corrected chi connectivity index (χ1v) is 7.23. The van der Waals surface area contributed by atoms with E-state index in [2.05, 4.69) is 39.7 Å². The van der Waals surface area contributed by atoms with Gasteiger partial charge in [-0.1, -0.05) is 13.8 Å². The summed E-state index contributed by atoms with van der Waals surface area (Å²) in [4.78, 5) is 14.0. The lowest BCUT2D eigenvalue weighted by atomic mass is 10.1. The maximum absolute atomic E-state index is 12.4. The Hall–Kier alpha value is -1.36. The van der Waals surface area contributed by atoms with E-state index >= 15 is 0 Å². The van der Waals surface area contributed by atoms with Crippen molar-refractivity contribution < 1.29 is 9.90 Å². The highest BCUT2D eigenvalue weighted by Crippen LogP contribution is 2.24. The van der Waals surface area contributed by atoms with Crippen LogP contribution in [0, 0.1) is 0 Å². The zero-order chi connectivity index (χ0) is 15.5. The van der Waals surface area contributed by atoms with Crippen molar-refractivity contribution in [2.45, 2.75) is 53.0 Å². The first kappa shape index (κ1) is 16.7. The van der Waals surface area contributed by atoms with Crippen LogP contribution in [0.2, 0.25) is 0 Å². The van der Waals surface area contributed by atoms with E-state index in [0.717, 1.165) is 5.69 Å². The molecule has 1 heterocycles. The normalized spacial score (nSPS) is 12.0. The molecule has 0 spiro atoms. The average molecular weight is 281 g/mol. The molecule has 0 aliphatic heterocycles. The number of aromatic nitrogens is 2. The van der Waals surface area contributed by atoms with Crippen LogP contribution >= 0.6 is 0 Å². The minimum atomic E-state index is -0.161. The maximum Gasteiger partial charge on any atom is 0.274 e.